The van der Waals surface area contributed by atoms with Gasteiger partial charge >= 0.3 is 0 Å². The van der Waals surface area contributed by atoms with E-state index in [1.807, 2.05) is 19.2 Å². The predicted molar refractivity (Wildman–Crippen MR) is 125 cm³/mol. The zero-order valence-electron chi connectivity index (χ0n) is 22.7. The van der Waals surface area contributed by atoms with E-state index >= 15 is 0 Å². The molecule has 2 nitrogen and oxygen atoms in total. The molecule has 0 aliphatic carbocycles. The quantitative estimate of drug-likeness (QED) is 0.438. The van der Waals surface area contributed by atoms with E-state index in [-0.39, 0.29) is 30.2 Å². The standard InChI is InChI=1S/C27H35NO/c1-19(2)28(7)27(6,25-13-9-8-11-20(25)3)15-16-29-26-14-10-12-23-17-21(4)22(5)18-24(23)26/h8-14,17-19H,15-16H2,1-7H3/t27-/m0/s1/i8D,9D,11D,13D. The van der Waals surface area contributed by atoms with Gasteiger partial charge in [-0.1, -0.05) is 42.4 Å². The zero-order chi connectivity index (χ0) is 24.7. The van der Waals surface area contributed by atoms with Crippen molar-refractivity contribution in [1.29, 1.82) is 0 Å². The molecule has 0 fully saturated rings. The number of hydrogen-bond donors (Lipinski definition) is 0. The summed E-state index contributed by atoms with van der Waals surface area (Å²) in [4.78, 5) is 2.18. The number of hydrogen-bond acceptors (Lipinski definition) is 2. The second-order valence-corrected chi connectivity index (χ2v) is 8.49. The van der Waals surface area contributed by atoms with Gasteiger partial charge in [0.15, 0.2) is 0 Å². The van der Waals surface area contributed by atoms with Crippen molar-refractivity contribution in [1.82, 2.24) is 4.90 Å². The normalized spacial score (nSPS) is 15.8. The van der Waals surface area contributed by atoms with Crippen LogP contribution in [-0.4, -0.2) is 24.6 Å². The van der Waals surface area contributed by atoms with E-state index in [0.717, 1.165) is 16.5 Å². The highest BCUT2D eigenvalue weighted by atomic mass is 16.5. The van der Waals surface area contributed by atoms with Gasteiger partial charge in [0.1, 0.15) is 5.75 Å². The Balaban J connectivity index is 2.00. The van der Waals surface area contributed by atoms with Crippen LogP contribution in [0.15, 0.2) is 54.5 Å². The lowest BCUT2D eigenvalue weighted by Crippen LogP contribution is -2.46. The summed E-state index contributed by atoms with van der Waals surface area (Å²) in [6.07, 6.45) is 0.575. The maximum atomic E-state index is 8.66. The molecule has 0 amide bonds. The fraction of sp³-hybridized carbons (Fsp3) is 0.407. The minimum Gasteiger partial charge on any atom is -0.493 e. The molecule has 0 N–H and O–H groups in total. The molecule has 0 aliphatic rings. The van der Waals surface area contributed by atoms with Crippen LogP contribution in [0.4, 0.5) is 0 Å². The molecule has 0 heterocycles. The highest BCUT2D eigenvalue weighted by Crippen LogP contribution is 2.35. The summed E-state index contributed by atoms with van der Waals surface area (Å²) in [6, 6.07) is 10.3. The number of benzene rings is 3. The van der Waals surface area contributed by atoms with E-state index in [4.69, 9.17) is 10.2 Å². The first-order valence-electron chi connectivity index (χ1n) is 12.3. The largest absolute Gasteiger partial charge is 0.493 e. The molecule has 0 saturated carbocycles. The second-order valence-electron chi connectivity index (χ2n) is 8.49. The highest BCUT2D eigenvalue weighted by Gasteiger charge is 2.33. The van der Waals surface area contributed by atoms with Gasteiger partial charge in [-0.2, -0.15) is 0 Å². The van der Waals surface area contributed by atoms with Crippen LogP contribution in [0.3, 0.4) is 0 Å². The SMILES string of the molecule is [2H]c1c([2H])c([2H])c([C@](C)(CCOc2cccc3cc(C)c(C)cc23)N(C)C(C)C)c(C)c1[2H]. The molecule has 3 aromatic rings. The Morgan fingerprint density at radius 2 is 1.72 bits per heavy atom. The van der Waals surface area contributed by atoms with Gasteiger partial charge in [-0.3, -0.25) is 4.90 Å². The van der Waals surface area contributed by atoms with Crippen molar-refractivity contribution in [2.75, 3.05) is 13.7 Å². The molecule has 1 atom stereocenters. The Morgan fingerprint density at radius 1 is 1.03 bits per heavy atom. The summed E-state index contributed by atoms with van der Waals surface area (Å²) in [5, 5.41) is 2.23. The molecule has 154 valence electrons. The zero-order valence-corrected chi connectivity index (χ0v) is 18.7. The number of aryl methyl sites for hydroxylation is 2. The van der Waals surface area contributed by atoms with E-state index in [9.17, 15) is 0 Å². The van der Waals surface area contributed by atoms with Crippen molar-refractivity contribution < 1.29 is 10.2 Å². The Kier molecular flexibility index (Phi) is 4.88. The van der Waals surface area contributed by atoms with Gasteiger partial charge in [-0.25, -0.2) is 0 Å². The number of nitrogens with zero attached hydrogens (tertiary/aromatic N) is 1. The van der Waals surface area contributed by atoms with Crippen LogP contribution >= 0.6 is 0 Å². The first-order valence-corrected chi connectivity index (χ1v) is 10.3. The van der Waals surface area contributed by atoms with E-state index in [1.165, 1.54) is 11.1 Å². The minimum atomic E-state index is -0.633. The van der Waals surface area contributed by atoms with Gasteiger partial charge in [-0.05, 0) is 88.4 Å². The lowest BCUT2D eigenvalue weighted by molar-refractivity contribution is 0.0749. The summed E-state index contributed by atoms with van der Waals surface area (Å²) < 4.78 is 39.6. The summed E-state index contributed by atoms with van der Waals surface area (Å²) in [6.45, 7) is 12.7. The topological polar surface area (TPSA) is 12.5 Å². The van der Waals surface area contributed by atoms with Crippen LogP contribution in [0, 0.1) is 20.8 Å². The molecule has 29 heavy (non-hydrogen) atoms. The van der Waals surface area contributed by atoms with Gasteiger partial charge < -0.3 is 4.74 Å². The fourth-order valence-corrected chi connectivity index (χ4v) is 3.97. The molecular formula is C27H35NO. The van der Waals surface area contributed by atoms with Gasteiger partial charge in [0.25, 0.3) is 0 Å². The number of ether oxygens (including phenoxy) is 1. The van der Waals surface area contributed by atoms with Gasteiger partial charge in [0.05, 0.1) is 12.1 Å². The lowest BCUT2D eigenvalue weighted by atomic mass is 9.83. The third-order valence-corrected chi connectivity index (χ3v) is 6.27. The average Bonchev–Trinajstić information content (AvgIpc) is 2.77. The molecule has 0 aromatic heterocycles. The van der Waals surface area contributed by atoms with Crippen molar-refractivity contribution in [2.45, 2.75) is 59.5 Å². The van der Waals surface area contributed by atoms with E-state index in [0.29, 0.717) is 24.2 Å². The third-order valence-electron chi connectivity index (χ3n) is 6.27. The fourth-order valence-electron chi connectivity index (χ4n) is 3.97. The first kappa shape index (κ1) is 16.5. The lowest BCUT2D eigenvalue weighted by Gasteiger charge is -2.43. The predicted octanol–water partition coefficient (Wildman–Crippen LogP) is 6.79. The van der Waals surface area contributed by atoms with Crippen LogP contribution in [-0.2, 0) is 5.54 Å². The summed E-state index contributed by atoms with van der Waals surface area (Å²) in [5.74, 6) is 0.830. The molecular weight excluding hydrogens is 354 g/mol. The molecule has 0 bridgehead atoms. The maximum Gasteiger partial charge on any atom is 0.127 e. The molecule has 0 spiro atoms. The van der Waals surface area contributed by atoms with Crippen molar-refractivity contribution in [3.05, 3.63) is 76.8 Å². The summed E-state index contributed by atoms with van der Waals surface area (Å²) >= 11 is 0. The first-order chi connectivity index (χ1) is 15.4. The summed E-state index contributed by atoms with van der Waals surface area (Å²) in [5.41, 5.74) is 3.06. The van der Waals surface area contributed by atoms with Crippen LogP contribution in [0.25, 0.3) is 10.8 Å². The van der Waals surface area contributed by atoms with Crippen molar-refractivity contribution >= 4 is 10.8 Å². The van der Waals surface area contributed by atoms with Crippen LogP contribution in [0.2, 0.25) is 0 Å². The molecule has 0 saturated heterocycles. The minimum absolute atomic E-state index is 0.0233. The molecule has 0 aliphatic heterocycles. The Bertz CT molecular complexity index is 1160. The van der Waals surface area contributed by atoms with Crippen LogP contribution in [0.5, 0.6) is 5.75 Å². The maximum absolute atomic E-state index is 8.66. The van der Waals surface area contributed by atoms with Crippen molar-refractivity contribution in [2.24, 2.45) is 0 Å². The molecule has 2 heteroatoms. The van der Waals surface area contributed by atoms with E-state index in [2.05, 4.69) is 57.7 Å². The van der Waals surface area contributed by atoms with Crippen LogP contribution in [0.1, 0.15) is 54.9 Å². The second kappa shape index (κ2) is 8.59. The smallest absolute Gasteiger partial charge is 0.127 e. The van der Waals surface area contributed by atoms with Crippen LogP contribution < -0.4 is 4.74 Å². The Labute approximate surface area is 182 Å². The number of rotatable bonds is 7. The van der Waals surface area contributed by atoms with E-state index in [1.54, 1.807) is 6.92 Å². The Morgan fingerprint density at radius 3 is 2.45 bits per heavy atom. The highest BCUT2D eigenvalue weighted by molar-refractivity contribution is 5.89. The molecule has 3 aromatic carbocycles. The Hall–Kier alpha value is -2.32. The van der Waals surface area contributed by atoms with Crippen molar-refractivity contribution in [3.8, 4) is 5.75 Å². The summed E-state index contributed by atoms with van der Waals surface area (Å²) in [7, 11) is 2.01. The van der Waals surface area contributed by atoms with Gasteiger partial charge in [0, 0.05) is 23.4 Å². The van der Waals surface area contributed by atoms with Gasteiger partial charge in [0.2, 0.25) is 0 Å². The van der Waals surface area contributed by atoms with E-state index < -0.39 is 5.54 Å². The monoisotopic (exact) mass is 393 g/mol. The average molecular weight is 394 g/mol. The van der Waals surface area contributed by atoms with Crippen molar-refractivity contribution in [3.63, 3.8) is 0 Å². The number of fused-ring (bicyclic) bond motifs is 1. The molecule has 3 rings (SSSR count). The third kappa shape index (κ3) is 4.33. The van der Waals surface area contributed by atoms with Gasteiger partial charge in [-0.15, -0.1) is 0 Å². The molecule has 0 radical (unpaired) electrons. The molecule has 0 unspecified atom stereocenters.